The molecule has 2 heterocycles. The minimum Gasteiger partial charge on any atom is -0.481 e. The number of carbonyl (C=O) groups is 1. The fourth-order valence-electron chi connectivity index (χ4n) is 2.11. The van der Waals surface area contributed by atoms with Crippen molar-refractivity contribution in [3.63, 3.8) is 0 Å². The fourth-order valence-corrected chi connectivity index (χ4v) is 3.83. The van der Waals surface area contributed by atoms with Crippen molar-refractivity contribution in [3.8, 4) is 0 Å². The Morgan fingerprint density at radius 1 is 1.50 bits per heavy atom. The van der Waals surface area contributed by atoms with E-state index in [0.717, 1.165) is 5.82 Å². The maximum absolute atomic E-state index is 10.7. The Bertz CT molecular complexity index is 578. The predicted octanol–water partition coefficient (Wildman–Crippen LogP) is 3.07. The van der Waals surface area contributed by atoms with E-state index in [0.29, 0.717) is 11.1 Å². The molecule has 1 N–H and O–H groups in total. The first-order valence-corrected chi connectivity index (χ1v) is 8.16. The molecule has 0 saturated heterocycles. The number of aryl methyl sites for hydroxylation is 1. The molecule has 0 fully saturated rings. The Morgan fingerprint density at radius 2 is 2.25 bits per heavy atom. The number of hydrogen-bond acceptors (Lipinski definition) is 5. The number of aliphatic carboxylic acids is 1. The predicted molar refractivity (Wildman–Crippen MR) is 80.4 cm³/mol. The number of carboxylic acid groups (broad SMARTS) is 1. The summed E-state index contributed by atoms with van der Waals surface area (Å²) in [4.78, 5) is 12.0. The lowest BCUT2D eigenvalue weighted by atomic mass is 10.0. The van der Waals surface area contributed by atoms with Crippen molar-refractivity contribution in [1.82, 2.24) is 14.8 Å². The first-order valence-electron chi connectivity index (χ1n) is 6.30. The molecule has 0 bridgehead atoms. The second kappa shape index (κ2) is 6.41. The largest absolute Gasteiger partial charge is 0.481 e. The van der Waals surface area contributed by atoms with Crippen LogP contribution in [0.3, 0.4) is 0 Å². The molecule has 0 saturated carbocycles. The zero-order valence-corrected chi connectivity index (χ0v) is 13.2. The highest BCUT2D eigenvalue weighted by Crippen LogP contribution is 2.34. The van der Waals surface area contributed by atoms with Gasteiger partial charge in [-0.05, 0) is 24.3 Å². The zero-order valence-electron chi connectivity index (χ0n) is 11.6. The van der Waals surface area contributed by atoms with Gasteiger partial charge in [-0.25, -0.2) is 0 Å². The third-order valence-electron chi connectivity index (χ3n) is 2.90. The second-order valence-corrected chi connectivity index (χ2v) is 6.71. The van der Waals surface area contributed by atoms with Crippen molar-refractivity contribution in [3.05, 3.63) is 28.2 Å². The highest BCUT2D eigenvalue weighted by Gasteiger charge is 2.24. The van der Waals surface area contributed by atoms with Crippen LogP contribution in [0.25, 0.3) is 0 Å². The van der Waals surface area contributed by atoms with Gasteiger partial charge < -0.3 is 5.11 Å². The number of nitrogens with zero attached hydrogens (tertiary/aromatic N) is 3. The Morgan fingerprint density at radius 3 is 2.80 bits per heavy atom. The normalized spacial score (nSPS) is 12.8. The van der Waals surface area contributed by atoms with Crippen molar-refractivity contribution in [2.24, 2.45) is 5.92 Å². The zero-order chi connectivity index (χ0) is 14.7. The second-order valence-electron chi connectivity index (χ2n) is 4.79. The van der Waals surface area contributed by atoms with Crippen LogP contribution < -0.4 is 0 Å². The number of aromatic nitrogens is 3. The summed E-state index contributed by atoms with van der Waals surface area (Å²) < 4.78 is 2.05. The van der Waals surface area contributed by atoms with Gasteiger partial charge in [-0.2, -0.15) is 0 Å². The molecular formula is C13H17N3O2S2. The maximum atomic E-state index is 10.7. The van der Waals surface area contributed by atoms with Crippen LogP contribution in [0.4, 0.5) is 0 Å². The Labute approximate surface area is 126 Å². The Kier molecular flexibility index (Phi) is 4.82. The van der Waals surface area contributed by atoms with Crippen LogP contribution in [0.2, 0.25) is 0 Å². The van der Waals surface area contributed by atoms with E-state index in [2.05, 4.69) is 35.5 Å². The van der Waals surface area contributed by atoms with Crippen LogP contribution in [0.15, 0.2) is 22.7 Å². The van der Waals surface area contributed by atoms with Gasteiger partial charge in [0.2, 0.25) is 0 Å². The molecule has 7 heteroatoms. The SMILES string of the molecule is Cc1nnc(SCC(=O)O)n1C(c1cccs1)C(C)C. The number of rotatable bonds is 6. The third kappa shape index (κ3) is 3.21. The highest BCUT2D eigenvalue weighted by molar-refractivity contribution is 7.99. The number of thiophene rings is 1. The maximum Gasteiger partial charge on any atom is 0.313 e. The van der Waals surface area contributed by atoms with Crippen LogP contribution in [0.1, 0.15) is 30.6 Å². The van der Waals surface area contributed by atoms with Gasteiger partial charge in [-0.15, -0.1) is 21.5 Å². The average molecular weight is 311 g/mol. The monoisotopic (exact) mass is 311 g/mol. The third-order valence-corrected chi connectivity index (χ3v) is 4.77. The van der Waals surface area contributed by atoms with E-state index in [1.807, 2.05) is 17.6 Å². The van der Waals surface area contributed by atoms with E-state index in [1.54, 1.807) is 11.3 Å². The summed E-state index contributed by atoms with van der Waals surface area (Å²) in [5.74, 6) is 0.324. The van der Waals surface area contributed by atoms with Crippen molar-refractivity contribution in [2.75, 3.05) is 5.75 Å². The summed E-state index contributed by atoms with van der Waals surface area (Å²) in [5, 5.41) is 19.8. The van der Waals surface area contributed by atoms with E-state index in [4.69, 9.17) is 5.11 Å². The molecule has 2 aromatic rings. The van der Waals surface area contributed by atoms with Crippen LogP contribution in [0.5, 0.6) is 0 Å². The molecule has 0 spiro atoms. The number of carboxylic acids is 1. The number of thioether (sulfide) groups is 1. The molecule has 0 amide bonds. The van der Waals surface area contributed by atoms with Crippen LogP contribution >= 0.6 is 23.1 Å². The minimum absolute atomic E-state index is 0.00656. The lowest BCUT2D eigenvalue weighted by Crippen LogP contribution is -2.18. The molecule has 5 nitrogen and oxygen atoms in total. The van der Waals surface area contributed by atoms with Crippen LogP contribution in [-0.2, 0) is 4.79 Å². The lowest BCUT2D eigenvalue weighted by molar-refractivity contribution is -0.133. The summed E-state index contributed by atoms with van der Waals surface area (Å²) in [6.45, 7) is 6.20. The average Bonchev–Trinajstić information content (AvgIpc) is 2.99. The van der Waals surface area contributed by atoms with Crippen LogP contribution in [-0.4, -0.2) is 31.6 Å². The van der Waals surface area contributed by atoms with Crippen molar-refractivity contribution >= 4 is 29.1 Å². The summed E-state index contributed by atoms with van der Waals surface area (Å²) >= 11 is 2.91. The van der Waals surface area contributed by atoms with E-state index >= 15 is 0 Å². The fraction of sp³-hybridized carbons (Fsp3) is 0.462. The molecule has 1 atom stereocenters. The molecule has 2 rings (SSSR count). The van der Waals surface area contributed by atoms with Gasteiger partial charge in [0.15, 0.2) is 5.16 Å². The van der Waals surface area contributed by atoms with Gasteiger partial charge in [0, 0.05) is 4.88 Å². The summed E-state index contributed by atoms with van der Waals surface area (Å²) in [6.07, 6.45) is 0. The molecule has 108 valence electrons. The molecule has 20 heavy (non-hydrogen) atoms. The first-order chi connectivity index (χ1) is 9.50. The van der Waals surface area contributed by atoms with Crippen molar-refractivity contribution < 1.29 is 9.90 Å². The van der Waals surface area contributed by atoms with E-state index in [1.165, 1.54) is 16.6 Å². The number of hydrogen-bond donors (Lipinski definition) is 1. The van der Waals surface area contributed by atoms with Gasteiger partial charge in [0.25, 0.3) is 0 Å². The van der Waals surface area contributed by atoms with Crippen LogP contribution in [0, 0.1) is 12.8 Å². The molecule has 0 aliphatic rings. The topological polar surface area (TPSA) is 68.0 Å². The van der Waals surface area contributed by atoms with E-state index < -0.39 is 5.97 Å². The smallest absolute Gasteiger partial charge is 0.313 e. The molecule has 1 unspecified atom stereocenters. The summed E-state index contributed by atoms with van der Waals surface area (Å²) in [6, 6.07) is 4.26. The Balaban J connectivity index is 2.38. The minimum atomic E-state index is -0.848. The van der Waals surface area contributed by atoms with Gasteiger partial charge in [-0.1, -0.05) is 31.7 Å². The Hall–Kier alpha value is -1.34. The van der Waals surface area contributed by atoms with Crippen molar-refractivity contribution in [1.29, 1.82) is 0 Å². The molecule has 0 radical (unpaired) electrons. The molecule has 0 aliphatic heterocycles. The van der Waals surface area contributed by atoms with E-state index in [9.17, 15) is 4.79 Å². The summed E-state index contributed by atoms with van der Waals surface area (Å²) in [5.41, 5.74) is 0. The van der Waals surface area contributed by atoms with Crippen molar-refractivity contribution in [2.45, 2.75) is 32.0 Å². The van der Waals surface area contributed by atoms with Gasteiger partial charge in [-0.3, -0.25) is 9.36 Å². The highest BCUT2D eigenvalue weighted by atomic mass is 32.2. The molecule has 0 aliphatic carbocycles. The van der Waals surface area contributed by atoms with Gasteiger partial charge >= 0.3 is 5.97 Å². The van der Waals surface area contributed by atoms with E-state index in [-0.39, 0.29) is 11.8 Å². The van der Waals surface area contributed by atoms with Gasteiger partial charge in [0.05, 0.1) is 11.8 Å². The molecule has 2 aromatic heterocycles. The standard InChI is InChI=1S/C13H17N3O2S2/c1-8(2)12(10-5-4-6-19-10)16-9(3)14-15-13(16)20-7-11(17)18/h4-6,8,12H,7H2,1-3H3,(H,17,18). The summed E-state index contributed by atoms with van der Waals surface area (Å²) in [7, 11) is 0. The quantitative estimate of drug-likeness (QED) is 0.830. The van der Waals surface area contributed by atoms with Gasteiger partial charge in [0.1, 0.15) is 5.82 Å². The lowest BCUT2D eigenvalue weighted by Gasteiger charge is -2.23. The first kappa shape index (κ1) is 15.1. The molecule has 0 aromatic carbocycles. The molecular weight excluding hydrogens is 294 g/mol.